The van der Waals surface area contributed by atoms with Crippen molar-refractivity contribution < 1.29 is 9.13 Å². The highest BCUT2D eigenvalue weighted by atomic mass is 35.5. The second-order valence-electron chi connectivity index (χ2n) is 4.83. The smallest absolute Gasteiger partial charge is 0.123 e. The highest BCUT2D eigenvalue weighted by molar-refractivity contribution is 6.32. The molecular formula is C16H17ClFNO. The number of benzene rings is 2. The van der Waals surface area contributed by atoms with Gasteiger partial charge >= 0.3 is 0 Å². The Hall–Kier alpha value is -1.58. The number of nitrogens with two attached hydrogens (primary N) is 1. The minimum atomic E-state index is -0.296. The van der Waals surface area contributed by atoms with Crippen molar-refractivity contribution in [2.45, 2.75) is 27.0 Å². The molecule has 4 heteroatoms. The number of hydrogen-bond donors (Lipinski definition) is 1. The maximum absolute atomic E-state index is 13.4. The summed E-state index contributed by atoms with van der Waals surface area (Å²) in [7, 11) is 0. The lowest BCUT2D eigenvalue weighted by atomic mass is 10.1. The van der Waals surface area contributed by atoms with Gasteiger partial charge in [-0.2, -0.15) is 0 Å². The van der Waals surface area contributed by atoms with Gasteiger partial charge in [0.05, 0.1) is 0 Å². The summed E-state index contributed by atoms with van der Waals surface area (Å²) in [5, 5.41) is 0.744. The molecule has 0 amide bonds. The van der Waals surface area contributed by atoms with Gasteiger partial charge in [0.2, 0.25) is 0 Å². The third kappa shape index (κ3) is 3.50. The first-order chi connectivity index (χ1) is 9.49. The van der Waals surface area contributed by atoms with Crippen molar-refractivity contribution >= 4 is 11.6 Å². The quantitative estimate of drug-likeness (QED) is 0.920. The van der Waals surface area contributed by atoms with E-state index in [1.54, 1.807) is 0 Å². The molecule has 2 N–H and O–H groups in total. The summed E-state index contributed by atoms with van der Waals surface area (Å²) >= 11 is 6.11. The van der Waals surface area contributed by atoms with Crippen molar-refractivity contribution in [2.24, 2.45) is 5.73 Å². The Morgan fingerprint density at radius 3 is 2.25 bits per heavy atom. The third-order valence-corrected chi connectivity index (χ3v) is 3.66. The number of ether oxygens (including phenoxy) is 1. The van der Waals surface area contributed by atoms with Gasteiger partial charge in [0.1, 0.15) is 18.2 Å². The largest absolute Gasteiger partial charge is 0.489 e. The van der Waals surface area contributed by atoms with Crippen LogP contribution < -0.4 is 10.5 Å². The molecule has 0 bridgehead atoms. The van der Waals surface area contributed by atoms with Gasteiger partial charge in [0.15, 0.2) is 0 Å². The molecule has 0 aliphatic heterocycles. The molecule has 0 saturated heterocycles. The zero-order valence-corrected chi connectivity index (χ0v) is 12.3. The lowest BCUT2D eigenvalue weighted by molar-refractivity contribution is 0.305. The summed E-state index contributed by atoms with van der Waals surface area (Å²) in [6.45, 7) is 4.46. The highest BCUT2D eigenvalue weighted by Gasteiger charge is 2.05. The minimum absolute atomic E-state index is 0.296. The maximum Gasteiger partial charge on any atom is 0.123 e. The van der Waals surface area contributed by atoms with Gasteiger partial charge in [0, 0.05) is 11.6 Å². The lowest BCUT2D eigenvalue weighted by Crippen LogP contribution is -2.01. The summed E-state index contributed by atoms with van der Waals surface area (Å²) < 4.78 is 19.1. The van der Waals surface area contributed by atoms with Crippen molar-refractivity contribution in [1.29, 1.82) is 0 Å². The van der Waals surface area contributed by atoms with Gasteiger partial charge in [0.25, 0.3) is 0 Å². The minimum Gasteiger partial charge on any atom is -0.489 e. The van der Waals surface area contributed by atoms with Gasteiger partial charge < -0.3 is 10.5 Å². The SMILES string of the molecule is Cc1cc(OCc2cc(F)cc(CN)c2)cc(C)c1Cl. The molecule has 0 radical (unpaired) electrons. The molecular weight excluding hydrogens is 277 g/mol. The summed E-state index contributed by atoms with van der Waals surface area (Å²) in [6, 6.07) is 8.48. The Kier molecular flexibility index (Phi) is 4.63. The van der Waals surface area contributed by atoms with E-state index in [-0.39, 0.29) is 5.82 Å². The zero-order valence-electron chi connectivity index (χ0n) is 11.5. The molecule has 20 heavy (non-hydrogen) atoms. The predicted octanol–water partition coefficient (Wildman–Crippen LogP) is 4.13. The van der Waals surface area contributed by atoms with Crippen LogP contribution in [0.3, 0.4) is 0 Å². The van der Waals surface area contributed by atoms with Crippen LogP contribution in [0.2, 0.25) is 5.02 Å². The number of hydrogen-bond acceptors (Lipinski definition) is 2. The molecule has 2 rings (SSSR count). The van der Waals surface area contributed by atoms with Crippen LogP contribution in [0.5, 0.6) is 5.75 Å². The predicted molar refractivity (Wildman–Crippen MR) is 79.5 cm³/mol. The molecule has 0 fully saturated rings. The fourth-order valence-corrected chi connectivity index (χ4v) is 2.18. The van der Waals surface area contributed by atoms with Crippen molar-refractivity contribution in [3.8, 4) is 5.75 Å². The third-order valence-electron chi connectivity index (χ3n) is 3.07. The van der Waals surface area contributed by atoms with E-state index in [0.717, 1.165) is 33.0 Å². The van der Waals surface area contributed by atoms with Crippen molar-refractivity contribution in [3.05, 3.63) is 63.4 Å². The monoisotopic (exact) mass is 293 g/mol. The number of rotatable bonds is 4. The van der Waals surface area contributed by atoms with Gasteiger partial charge in [-0.05, 0) is 60.4 Å². The molecule has 0 aliphatic carbocycles. The lowest BCUT2D eigenvalue weighted by Gasteiger charge is -2.11. The van der Waals surface area contributed by atoms with E-state index in [4.69, 9.17) is 22.1 Å². The topological polar surface area (TPSA) is 35.2 Å². The van der Waals surface area contributed by atoms with E-state index in [1.165, 1.54) is 12.1 Å². The van der Waals surface area contributed by atoms with E-state index >= 15 is 0 Å². The van der Waals surface area contributed by atoms with Crippen molar-refractivity contribution in [2.75, 3.05) is 0 Å². The molecule has 0 aliphatic rings. The zero-order chi connectivity index (χ0) is 14.7. The Labute approximate surface area is 123 Å². The summed E-state index contributed by atoms with van der Waals surface area (Å²) in [5.41, 5.74) is 8.97. The molecule has 2 nitrogen and oxygen atoms in total. The first-order valence-corrected chi connectivity index (χ1v) is 6.75. The van der Waals surface area contributed by atoms with Crippen LogP contribution in [-0.2, 0) is 13.2 Å². The molecule has 0 heterocycles. The molecule has 2 aromatic carbocycles. The van der Waals surface area contributed by atoms with E-state index < -0.39 is 0 Å². The summed E-state index contributed by atoms with van der Waals surface area (Å²) in [6.07, 6.45) is 0. The highest BCUT2D eigenvalue weighted by Crippen LogP contribution is 2.26. The van der Waals surface area contributed by atoms with Gasteiger partial charge in [-0.1, -0.05) is 17.7 Å². The van der Waals surface area contributed by atoms with Crippen molar-refractivity contribution in [3.63, 3.8) is 0 Å². The van der Waals surface area contributed by atoms with Crippen LogP contribution in [0.15, 0.2) is 30.3 Å². The average Bonchev–Trinajstić information content (AvgIpc) is 2.41. The molecule has 0 spiro atoms. The Bertz CT molecular complexity index is 605. The van der Waals surface area contributed by atoms with Crippen molar-refractivity contribution in [1.82, 2.24) is 0 Å². The van der Waals surface area contributed by atoms with E-state index in [0.29, 0.717) is 13.2 Å². The van der Waals surface area contributed by atoms with E-state index in [9.17, 15) is 4.39 Å². The Morgan fingerprint density at radius 2 is 1.65 bits per heavy atom. The van der Waals surface area contributed by atoms with Crippen LogP contribution in [0.4, 0.5) is 4.39 Å². The molecule has 106 valence electrons. The Balaban J connectivity index is 2.14. The van der Waals surface area contributed by atoms with Gasteiger partial charge in [-0.3, -0.25) is 0 Å². The Morgan fingerprint density at radius 1 is 1.05 bits per heavy atom. The molecule has 0 aromatic heterocycles. The summed E-state index contributed by atoms with van der Waals surface area (Å²) in [4.78, 5) is 0. The standard InChI is InChI=1S/C16H17ClFNO/c1-10-3-15(4-11(2)16(10)17)20-9-13-5-12(8-19)6-14(18)7-13/h3-7H,8-9,19H2,1-2H3. The second kappa shape index (κ2) is 6.25. The maximum atomic E-state index is 13.4. The van der Waals surface area contributed by atoms with Crippen LogP contribution in [-0.4, -0.2) is 0 Å². The molecule has 0 atom stereocenters. The normalized spacial score (nSPS) is 10.7. The summed E-state index contributed by atoms with van der Waals surface area (Å²) in [5.74, 6) is 0.429. The van der Waals surface area contributed by atoms with E-state index in [1.807, 2.05) is 32.0 Å². The van der Waals surface area contributed by atoms with E-state index in [2.05, 4.69) is 0 Å². The second-order valence-corrected chi connectivity index (χ2v) is 5.21. The van der Waals surface area contributed by atoms with Crippen LogP contribution >= 0.6 is 11.6 Å². The average molecular weight is 294 g/mol. The molecule has 2 aromatic rings. The van der Waals surface area contributed by atoms with Gasteiger partial charge in [-0.15, -0.1) is 0 Å². The van der Waals surface area contributed by atoms with Gasteiger partial charge in [-0.25, -0.2) is 4.39 Å². The van der Waals surface area contributed by atoms with Crippen LogP contribution in [0.1, 0.15) is 22.3 Å². The number of halogens is 2. The van der Waals surface area contributed by atoms with Crippen LogP contribution in [0, 0.1) is 19.7 Å². The first-order valence-electron chi connectivity index (χ1n) is 6.37. The first kappa shape index (κ1) is 14.8. The number of aryl methyl sites for hydroxylation is 2. The molecule has 0 unspecified atom stereocenters. The fraction of sp³-hybridized carbons (Fsp3) is 0.250. The fourth-order valence-electron chi connectivity index (χ4n) is 2.07. The van der Waals surface area contributed by atoms with Crippen LogP contribution in [0.25, 0.3) is 0 Å². The molecule has 0 saturated carbocycles.